The second-order valence-corrected chi connectivity index (χ2v) is 6.55. The van der Waals surface area contributed by atoms with Crippen molar-refractivity contribution in [1.82, 2.24) is 0 Å². The maximum absolute atomic E-state index is 12.7. The van der Waals surface area contributed by atoms with E-state index >= 15 is 0 Å². The van der Waals surface area contributed by atoms with Gasteiger partial charge in [-0.05, 0) is 19.3 Å². The number of carbonyl (C=O) groups is 1. The van der Waals surface area contributed by atoms with E-state index in [0.717, 1.165) is 12.8 Å². The summed E-state index contributed by atoms with van der Waals surface area (Å²) in [6, 6.07) is 0. The highest BCUT2D eigenvalue weighted by Gasteiger charge is 2.75. The van der Waals surface area contributed by atoms with E-state index in [-0.39, 0.29) is 12.4 Å². The van der Waals surface area contributed by atoms with E-state index in [2.05, 4.69) is 13.8 Å². The summed E-state index contributed by atoms with van der Waals surface area (Å²) >= 11 is 0. The SMILES string of the molecule is CC(C)CCC(C)(C)C(=O)C1(C)COOC12OO2. The van der Waals surface area contributed by atoms with Crippen molar-refractivity contribution in [2.45, 2.75) is 53.4 Å². The molecule has 0 aliphatic carbocycles. The fraction of sp³-hybridized carbons (Fsp3) is 0.923. The van der Waals surface area contributed by atoms with Crippen LogP contribution in [0.25, 0.3) is 0 Å². The molecule has 0 aromatic carbocycles. The van der Waals surface area contributed by atoms with Gasteiger partial charge >= 0.3 is 5.97 Å². The third-order valence-electron chi connectivity index (χ3n) is 3.89. The van der Waals surface area contributed by atoms with Crippen molar-refractivity contribution in [2.24, 2.45) is 16.7 Å². The summed E-state index contributed by atoms with van der Waals surface area (Å²) in [7, 11) is 0. The second-order valence-electron chi connectivity index (χ2n) is 6.55. The predicted molar refractivity (Wildman–Crippen MR) is 62.9 cm³/mol. The summed E-state index contributed by atoms with van der Waals surface area (Å²) in [5.74, 6) is -0.673. The summed E-state index contributed by atoms with van der Waals surface area (Å²) in [5.41, 5.74) is -1.34. The van der Waals surface area contributed by atoms with Crippen molar-refractivity contribution in [1.29, 1.82) is 0 Å². The normalized spacial score (nSPS) is 30.1. The number of Topliss-reactive ketones (excluding diaryl/α,β-unsaturated/α-hetero) is 1. The fourth-order valence-electron chi connectivity index (χ4n) is 2.37. The van der Waals surface area contributed by atoms with Crippen molar-refractivity contribution in [3.63, 3.8) is 0 Å². The Balaban J connectivity index is 2.10. The second kappa shape index (κ2) is 4.27. The minimum atomic E-state index is -1.31. The highest BCUT2D eigenvalue weighted by atomic mass is 17.5. The van der Waals surface area contributed by atoms with Gasteiger partial charge in [0.25, 0.3) is 0 Å². The first-order chi connectivity index (χ1) is 8.24. The van der Waals surface area contributed by atoms with Crippen LogP contribution in [0, 0.1) is 16.7 Å². The molecule has 1 unspecified atom stereocenters. The summed E-state index contributed by atoms with van der Waals surface area (Å²) in [6.45, 7) is 10.1. The zero-order valence-corrected chi connectivity index (χ0v) is 11.7. The molecule has 1 atom stereocenters. The van der Waals surface area contributed by atoms with Crippen LogP contribution in [0.1, 0.15) is 47.5 Å². The molecule has 1 spiro atoms. The van der Waals surface area contributed by atoms with Crippen molar-refractivity contribution in [3.8, 4) is 0 Å². The van der Waals surface area contributed by atoms with Crippen LogP contribution in [0.5, 0.6) is 0 Å². The topological polar surface area (TPSA) is 60.6 Å². The molecule has 5 nitrogen and oxygen atoms in total. The maximum Gasteiger partial charge on any atom is 0.380 e. The Bertz CT molecular complexity index is 345. The van der Waals surface area contributed by atoms with E-state index in [1.54, 1.807) is 6.92 Å². The molecule has 2 saturated heterocycles. The average Bonchev–Trinajstić information content (AvgIpc) is 2.99. The quantitative estimate of drug-likeness (QED) is 0.560. The molecule has 104 valence electrons. The molecule has 2 aliphatic heterocycles. The smallest absolute Gasteiger partial charge is 0.298 e. The predicted octanol–water partition coefficient (Wildman–Crippen LogP) is 2.60. The summed E-state index contributed by atoms with van der Waals surface area (Å²) < 4.78 is 0. The van der Waals surface area contributed by atoms with E-state index < -0.39 is 16.8 Å². The Morgan fingerprint density at radius 2 is 1.89 bits per heavy atom. The van der Waals surface area contributed by atoms with Crippen molar-refractivity contribution in [2.75, 3.05) is 6.61 Å². The van der Waals surface area contributed by atoms with Gasteiger partial charge in [-0.1, -0.05) is 34.1 Å². The van der Waals surface area contributed by atoms with E-state index in [1.807, 2.05) is 13.8 Å². The molecule has 2 aliphatic rings. The van der Waals surface area contributed by atoms with Crippen LogP contribution in [0.4, 0.5) is 0 Å². The van der Waals surface area contributed by atoms with E-state index in [4.69, 9.17) is 19.6 Å². The standard InChI is InChI=1S/C13H22O5/c1-9(2)6-7-11(3,4)10(14)12(5)8-15-16-13(12)17-18-13/h9H,6-8H2,1-5H3. The zero-order chi connectivity index (χ0) is 13.6. The lowest BCUT2D eigenvalue weighted by atomic mass is 9.69. The minimum Gasteiger partial charge on any atom is -0.298 e. The van der Waals surface area contributed by atoms with Crippen LogP contribution in [-0.2, 0) is 24.3 Å². The van der Waals surface area contributed by atoms with Crippen LogP contribution in [-0.4, -0.2) is 18.4 Å². The fourth-order valence-corrected chi connectivity index (χ4v) is 2.37. The molecule has 5 heteroatoms. The van der Waals surface area contributed by atoms with Gasteiger partial charge in [-0.25, -0.2) is 4.89 Å². The molecule has 2 rings (SSSR count). The van der Waals surface area contributed by atoms with E-state index in [0.29, 0.717) is 5.92 Å². The highest BCUT2D eigenvalue weighted by Crippen LogP contribution is 2.55. The lowest BCUT2D eigenvalue weighted by molar-refractivity contribution is -0.315. The molecular formula is C13H22O5. The summed E-state index contributed by atoms with van der Waals surface area (Å²) in [5, 5.41) is 0. The Kier molecular flexibility index (Phi) is 3.30. The van der Waals surface area contributed by atoms with Gasteiger partial charge in [0.1, 0.15) is 12.0 Å². The molecule has 0 bridgehead atoms. The third kappa shape index (κ3) is 2.09. The van der Waals surface area contributed by atoms with Gasteiger partial charge in [0, 0.05) is 5.41 Å². The van der Waals surface area contributed by atoms with Crippen LogP contribution in [0.2, 0.25) is 0 Å². The molecular weight excluding hydrogens is 236 g/mol. The number of carbonyl (C=O) groups excluding carboxylic acids is 1. The van der Waals surface area contributed by atoms with Crippen LogP contribution < -0.4 is 0 Å². The molecule has 0 aromatic heterocycles. The maximum atomic E-state index is 12.7. The Morgan fingerprint density at radius 1 is 1.28 bits per heavy atom. The lowest BCUT2D eigenvalue weighted by Gasteiger charge is -2.31. The average molecular weight is 258 g/mol. The lowest BCUT2D eigenvalue weighted by Crippen LogP contribution is -2.47. The van der Waals surface area contributed by atoms with Gasteiger partial charge in [0.2, 0.25) is 0 Å². The van der Waals surface area contributed by atoms with Crippen molar-refractivity contribution >= 4 is 5.78 Å². The first-order valence-corrected chi connectivity index (χ1v) is 6.46. The third-order valence-corrected chi connectivity index (χ3v) is 3.89. The van der Waals surface area contributed by atoms with Gasteiger partial charge in [0.05, 0.1) is 0 Å². The molecule has 0 N–H and O–H groups in total. The van der Waals surface area contributed by atoms with Gasteiger partial charge in [-0.15, -0.1) is 0 Å². The number of rotatable bonds is 5. The van der Waals surface area contributed by atoms with Crippen molar-refractivity contribution < 1.29 is 24.3 Å². The number of ketones is 1. The zero-order valence-electron chi connectivity index (χ0n) is 11.7. The van der Waals surface area contributed by atoms with Crippen LogP contribution >= 0.6 is 0 Å². The summed E-state index contributed by atoms with van der Waals surface area (Å²) in [4.78, 5) is 32.3. The molecule has 0 aromatic rings. The minimum absolute atomic E-state index is 0.0608. The Hall–Kier alpha value is -0.490. The highest BCUT2D eigenvalue weighted by molar-refractivity contribution is 5.90. The molecule has 2 fully saturated rings. The molecule has 18 heavy (non-hydrogen) atoms. The first kappa shape index (κ1) is 13.9. The molecule has 2 heterocycles. The molecule has 0 radical (unpaired) electrons. The van der Waals surface area contributed by atoms with Gasteiger partial charge in [0.15, 0.2) is 5.78 Å². The monoisotopic (exact) mass is 258 g/mol. The number of hydrogen-bond donors (Lipinski definition) is 0. The van der Waals surface area contributed by atoms with Crippen LogP contribution in [0.15, 0.2) is 0 Å². The van der Waals surface area contributed by atoms with Gasteiger partial charge < -0.3 is 0 Å². The molecule has 0 amide bonds. The van der Waals surface area contributed by atoms with E-state index in [9.17, 15) is 4.79 Å². The van der Waals surface area contributed by atoms with Gasteiger partial charge in [-0.2, -0.15) is 14.7 Å². The van der Waals surface area contributed by atoms with Crippen LogP contribution in [0.3, 0.4) is 0 Å². The summed E-state index contributed by atoms with van der Waals surface area (Å²) in [6.07, 6.45) is 1.83. The number of hydrogen-bond acceptors (Lipinski definition) is 5. The largest absolute Gasteiger partial charge is 0.380 e. The Labute approximate surface area is 108 Å². The molecule has 0 saturated carbocycles. The van der Waals surface area contributed by atoms with Crippen molar-refractivity contribution in [3.05, 3.63) is 0 Å². The first-order valence-electron chi connectivity index (χ1n) is 6.46. The van der Waals surface area contributed by atoms with Gasteiger partial charge in [-0.3, -0.25) is 4.79 Å². The van der Waals surface area contributed by atoms with E-state index in [1.165, 1.54) is 0 Å². The Morgan fingerprint density at radius 3 is 2.39 bits per heavy atom.